The predicted molar refractivity (Wildman–Crippen MR) is 82.3 cm³/mol. The molecule has 1 unspecified atom stereocenters. The molecule has 0 aromatic heterocycles. The predicted octanol–water partition coefficient (Wildman–Crippen LogP) is 3.09. The molecule has 1 atom stereocenters. The van der Waals surface area contributed by atoms with Crippen LogP contribution in [-0.2, 0) is 17.6 Å². The number of nitrogens with two attached hydrogens (primary N) is 1. The molecule has 1 heterocycles. The summed E-state index contributed by atoms with van der Waals surface area (Å²) < 4.78 is 11.3. The summed E-state index contributed by atoms with van der Waals surface area (Å²) in [6.45, 7) is 5.12. The van der Waals surface area contributed by atoms with Crippen molar-refractivity contribution in [2.75, 3.05) is 13.7 Å². The van der Waals surface area contributed by atoms with Crippen molar-refractivity contribution in [3.63, 3.8) is 0 Å². The van der Waals surface area contributed by atoms with E-state index < -0.39 is 0 Å². The Morgan fingerprint density at radius 3 is 2.75 bits per heavy atom. The summed E-state index contributed by atoms with van der Waals surface area (Å²) in [6.07, 6.45) is 4.90. The standard InChI is InChI=1S/C17H27NO2/c1-4-17(5-2,19-3)16(18)9-7-13-6-8-15-14(12-13)10-11-20-15/h6,8,12,16H,4-5,7,9-11,18H2,1-3H3. The van der Waals surface area contributed by atoms with E-state index in [1.54, 1.807) is 7.11 Å². The number of ether oxygens (including phenoxy) is 2. The molecule has 0 spiro atoms. The third-order valence-electron chi connectivity index (χ3n) is 4.78. The Balaban J connectivity index is 1.97. The van der Waals surface area contributed by atoms with Gasteiger partial charge in [-0.2, -0.15) is 0 Å². The number of hydrogen-bond acceptors (Lipinski definition) is 3. The van der Waals surface area contributed by atoms with Gasteiger partial charge >= 0.3 is 0 Å². The Kier molecular flexibility index (Phi) is 5.06. The average molecular weight is 277 g/mol. The molecule has 0 bridgehead atoms. The smallest absolute Gasteiger partial charge is 0.122 e. The van der Waals surface area contributed by atoms with Crippen LogP contribution in [0.25, 0.3) is 0 Å². The van der Waals surface area contributed by atoms with Crippen LogP contribution in [0.15, 0.2) is 18.2 Å². The zero-order valence-corrected chi connectivity index (χ0v) is 12.9. The van der Waals surface area contributed by atoms with E-state index in [0.29, 0.717) is 0 Å². The molecule has 2 rings (SSSR count). The molecular weight excluding hydrogens is 250 g/mol. The van der Waals surface area contributed by atoms with E-state index in [9.17, 15) is 0 Å². The largest absolute Gasteiger partial charge is 0.493 e. The second-order valence-electron chi connectivity index (χ2n) is 5.66. The topological polar surface area (TPSA) is 44.5 Å². The van der Waals surface area contributed by atoms with Crippen LogP contribution in [0.5, 0.6) is 5.75 Å². The van der Waals surface area contributed by atoms with E-state index in [0.717, 1.165) is 44.5 Å². The SMILES string of the molecule is CCC(CC)(OC)C(N)CCc1ccc2c(c1)CCO2. The van der Waals surface area contributed by atoms with Gasteiger partial charge in [0.2, 0.25) is 0 Å². The molecule has 1 aliphatic heterocycles. The van der Waals surface area contributed by atoms with E-state index in [2.05, 4.69) is 32.0 Å². The van der Waals surface area contributed by atoms with Crippen molar-refractivity contribution in [2.45, 2.75) is 57.6 Å². The summed E-state index contributed by atoms with van der Waals surface area (Å²) in [5.41, 5.74) is 8.90. The number of hydrogen-bond donors (Lipinski definition) is 1. The van der Waals surface area contributed by atoms with E-state index >= 15 is 0 Å². The Morgan fingerprint density at radius 2 is 2.10 bits per heavy atom. The maximum atomic E-state index is 6.40. The fourth-order valence-electron chi connectivity index (χ4n) is 3.20. The molecule has 0 saturated heterocycles. The lowest BCUT2D eigenvalue weighted by Crippen LogP contribution is -2.48. The quantitative estimate of drug-likeness (QED) is 0.833. The van der Waals surface area contributed by atoms with Crippen molar-refractivity contribution >= 4 is 0 Å². The van der Waals surface area contributed by atoms with Gasteiger partial charge in [-0.3, -0.25) is 0 Å². The number of methoxy groups -OCH3 is 1. The second-order valence-corrected chi connectivity index (χ2v) is 5.66. The normalized spacial score (nSPS) is 15.8. The zero-order chi connectivity index (χ0) is 14.6. The first-order valence-electron chi connectivity index (χ1n) is 7.70. The maximum absolute atomic E-state index is 6.40. The first-order valence-corrected chi connectivity index (χ1v) is 7.70. The Hall–Kier alpha value is -1.06. The van der Waals surface area contributed by atoms with Crippen LogP contribution in [-0.4, -0.2) is 25.4 Å². The molecule has 3 heteroatoms. The second kappa shape index (κ2) is 6.59. The summed E-state index contributed by atoms with van der Waals surface area (Å²) in [5.74, 6) is 1.05. The first kappa shape index (κ1) is 15.3. The van der Waals surface area contributed by atoms with Gasteiger partial charge in [0.15, 0.2) is 0 Å². The lowest BCUT2D eigenvalue weighted by atomic mass is 9.85. The summed E-state index contributed by atoms with van der Waals surface area (Å²) in [6, 6.07) is 6.59. The van der Waals surface area contributed by atoms with Crippen LogP contribution < -0.4 is 10.5 Å². The van der Waals surface area contributed by atoms with Crippen molar-refractivity contribution in [3.05, 3.63) is 29.3 Å². The van der Waals surface area contributed by atoms with E-state index in [1.807, 2.05) is 0 Å². The highest BCUT2D eigenvalue weighted by Crippen LogP contribution is 2.28. The summed E-state index contributed by atoms with van der Waals surface area (Å²) in [7, 11) is 1.78. The molecule has 0 saturated carbocycles. The van der Waals surface area contributed by atoms with Crippen molar-refractivity contribution in [1.29, 1.82) is 0 Å². The van der Waals surface area contributed by atoms with Gasteiger partial charge in [-0.05, 0) is 42.9 Å². The Labute approximate surface area is 122 Å². The van der Waals surface area contributed by atoms with Gasteiger partial charge in [0.25, 0.3) is 0 Å². The maximum Gasteiger partial charge on any atom is 0.122 e. The summed E-state index contributed by atoms with van der Waals surface area (Å²) in [5, 5.41) is 0. The highest BCUT2D eigenvalue weighted by molar-refractivity contribution is 5.39. The highest BCUT2D eigenvalue weighted by atomic mass is 16.5. The summed E-state index contributed by atoms with van der Waals surface area (Å²) in [4.78, 5) is 0. The summed E-state index contributed by atoms with van der Waals surface area (Å²) >= 11 is 0. The van der Waals surface area contributed by atoms with Crippen LogP contribution in [0.4, 0.5) is 0 Å². The molecular formula is C17H27NO2. The molecule has 3 nitrogen and oxygen atoms in total. The number of rotatable bonds is 7. The van der Waals surface area contributed by atoms with Crippen molar-refractivity contribution < 1.29 is 9.47 Å². The molecule has 1 aromatic rings. The van der Waals surface area contributed by atoms with Crippen LogP contribution in [0.3, 0.4) is 0 Å². The number of aryl methyl sites for hydroxylation is 1. The molecule has 1 aromatic carbocycles. The van der Waals surface area contributed by atoms with Crippen LogP contribution >= 0.6 is 0 Å². The highest BCUT2D eigenvalue weighted by Gasteiger charge is 2.32. The van der Waals surface area contributed by atoms with Gasteiger partial charge in [-0.25, -0.2) is 0 Å². The van der Waals surface area contributed by atoms with Gasteiger partial charge in [0.05, 0.1) is 12.2 Å². The fraction of sp³-hybridized carbons (Fsp3) is 0.647. The van der Waals surface area contributed by atoms with Crippen molar-refractivity contribution in [1.82, 2.24) is 0 Å². The van der Waals surface area contributed by atoms with E-state index in [1.165, 1.54) is 11.1 Å². The van der Waals surface area contributed by atoms with E-state index in [-0.39, 0.29) is 11.6 Å². The van der Waals surface area contributed by atoms with Crippen LogP contribution in [0, 0.1) is 0 Å². The molecule has 0 amide bonds. The van der Waals surface area contributed by atoms with E-state index in [4.69, 9.17) is 15.2 Å². The average Bonchev–Trinajstić information content (AvgIpc) is 2.95. The minimum atomic E-state index is -0.181. The van der Waals surface area contributed by atoms with Gasteiger partial charge in [-0.1, -0.05) is 26.0 Å². The third-order valence-corrected chi connectivity index (χ3v) is 4.78. The molecule has 20 heavy (non-hydrogen) atoms. The molecule has 0 radical (unpaired) electrons. The number of fused-ring (bicyclic) bond motifs is 1. The lowest BCUT2D eigenvalue weighted by Gasteiger charge is -2.36. The Morgan fingerprint density at radius 1 is 1.35 bits per heavy atom. The molecule has 2 N–H and O–H groups in total. The minimum absolute atomic E-state index is 0.0759. The molecule has 0 fully saturated rings. The number of benzene rings is 1. The van der Waals surface area contributed by atoms with Gasteiger partial charge < -0.3 is 15.2 Å². The zero-order valence-electron chi connectivity index (χ0n) is 12.9. The molecule has 112 valence electrons. The molecule has 1 aliphatic rings. The third kappa shape index (κ3) is 2.99. The monoisotopic (exact) mass is 277 g/mol. The van der Waals surface area contributed by atoms with Crippen LogP contribution in [0.1, 0.15) is 44.2 Å². The molecule has 0 aliphatic carbocycles. The van der Waals surface area contributed by atoms with Gasteiger partial charge in [0, 0.05) is 19.6 Å². The Bertz CT molecular complexity index is 432. The van der Waals surface area contributed by atoms with Crippen molar-refractivity contribution in [2.24, 2.45) is 5.73 Å². The minimum Gasteiger partial charge on any atom is -0.493 e. The van der Waals surface area contributed by atoms with Crippen LogP contribution in [0.2, 0.25) is 0 Å². The van der Waals surface area contributed by atoms with Crippen molar-refractivity contribution in [3.8, 4) is 5.75 Å². The van der Waals surface area contributed by atoms with Gasteiger partial charge in [-0.15, -0.1) is 0 Å². The lowest BCUT2D eigenvalue weighted by molar-refractivity contribution is -0.0393. The van der Waals surface area contributed by atoms with Gasteiger partial charge in [0.1, 0.15) is 5.75 Å². The first-order chi connectivity index (χ1) is 9.65. The fourth-order valence-corrected chi connectivity index (χ4v) is 3.20.